The fourth-order valence-corrected chi connectivity index (χ4v) is 2.21. The van der Waals surface area contributed by atoms with E-state index in [-0.39, 0.29) is 12.5 Å². The van der Waals surface area contributed by atoms with Crippen LogP contribution in [0.2, 0.25) is 0 Å². The summed E-state index contributed by atoms with van der Waals surface area (Å²) in [5.74, 6) is 0.476. The standard InChI is InChI=1S/C16H16N4O2/c1-2-22-15-10-6-4-8-13(15)17-16(21)11-20-14-9-5-3-7-12(14)18-19-20/h3-10H,2,11H2,1H3,(H,17,21). The van der Waals surface area contributed by atoms with Crippen LogP contribution in [0.5, 0.6) is 5.75 Å². The topological polar surface area (TPSA) is 69.0 Å². The van der Waals surface area contributed by atoms with Gasteiger partial charge in [0.2, 0.25) is 5.91 Å². The van der Waals surface area contributed by atoms with Gasteiger partial charge >= 0.3 is 0 Å². The summed E-state index contributed by atoms with van der Waals surface area (Å²) < 4.78 is 7.07. The van der Waals surface area contributed by atoms with Crippen LogP contribution in [-0.4, -0.2) is 27.5 Å². The third-order valence-electron chi connectivity index (χ3n) is 3.17. The minimum atomic E-state index is -0.178. The molecule has 2 aromatic carbocycles. The Morgan fingerprint density at radius 1 is 1.18 bits per heavy atom. The van der Waals surface area contributed by atoms with Gasteiger partial charge in [0.1, 0.15) is 17.8 Å². The van der Waals surface area contributed by atoms with Crippen molar-refractivity contribution in [1.82, 2.24) is 15.0 Å². The van der Waals surface area contributed by atoms with Gasteiger partial charge in [-0.05, 0) is 31.2 Å². The first-order valence-electron chi connectivity index (χ1n) is 7.08. The number of rotatable bonds is 5. The van der Waals surface area contributed by atoms with Crippen molar-refractivity contribution in [3.05, 3.63) is 48.5 Å². The molecule has 0 aliphatic carbocycles. The second-order valence-electron chi connectivity index (χ2n) is 4.71. The van der Waals surface area contributed by atoms with Crippen LogP contribution in [0.25, 0.3) is 11.0 Å². The zero-order valence-corrected chi connectivity index (χ0v) is 12.2. The number of aromatic nitrogens is 3. The summed E-state index contributed by atoms with van der Waals surface area (Å²) in [6, 6.07) is 14.9. The van der Waals surface area contributed by atoms with E-state index in [4.69, 9.17) is 4.74 Å². The zero-order chi connectivity index (χ0) is 15.4. The summed E-state index contributed by atoms with van der Waals surface area (Å²) in [7, 11) is 0. The number of amides is 1. The molecule has 0 unspecified atom stereocenters. The molecular formula is C16H16N4O2. The fourth-order valence-electron chi connectivity index (χ4n) is 2.21. The average Bonchev–Trinajstić information content (AvgIpc) is 2.93. The summed E-state index contributed by atoms with van der Waals surface area (Å²) in [6.45, 7) is 2.54. The molecule has 1 heterocycles. The second-order valence-corrected chi connectivity index (χ2v) is 4.71. The molecular weight excluding hydrogens is 280 g/mol. The van der Waals surface area contributed by atoms with Crippen LogP contribution in [0.15, 0.2) is 48.5 Å². The van der Waals surface area contributed by atoms with E-state index in [1.807, 2.05) is 55.5 Å². The van der Waals surface area contributed by atoms with Gasteiger partial charge < -0.3 is 10.1 Å². The number of para-hydroxylation sites is 3. The first kappa shape index (κ1) is 14.1. The molecule has 0 saturated heterocycles. The van der Waals surface area contributed by atoms with Crippen molar-refractivity contribution in [2.24, 2.45) is 0 Å². The predicted molar refractivity (Wildman–Crippen MR) is 83.8 cm³/mol. The van der Waals surface area contributed by atoms with Crippen molar-refractivity contribution in [2.45, 2.75) is 13.5 Å². The highest BCUT2D eigenvalue weighted by Gasteiger charge is 2.11. The van der Waals surface area contributed by atoms with Crippen LogP contribution < -0.4 is 10.1 Å². The molecule has 3 aromatic rings. The molecule has 0 atom stereocenters. The lowest BCUT2D eigenvalue weighted by atomic mass is 10.3. The number of fused-ring (bicyclic) bond motifs is 1. The lowest BCUT2D eigenvalue weighted by molar-refractivity contribution is -0.116. The van der Waals surface area contributed by atoms with Gasteiger partial charge in [-0.25, -0.2) is 4.68 Å². The van der Waals surface area contributed by atoms with E-state index in [2.05, 4.69) is 15.6 Å². The van der Waals surface area contributed by atoms with Crippen molar-refractivity contribution in [3.8, 4) is 5.75 Å². The van der Waals surface area contributed by atoms with Gasteiger partial charge in [-0.15, -0.1) is 5.10 Å². The number of anilines is 1. The van der Waals surface area contributed by atoms with E-state index in [9.17, 15) is 4.79 Å². The third-order valence-corrected chi connectivity index (χ3v) is 3.17. The Hall–Kier alpha value is -2.89. The largest absolute Gasteiger partial charge is 0.492 e. The minimum absolute atomic E-state index is 0.0982. The Bertz CT molecular complexity index is 797. The molecule has 0 aliphatic rings. The van der Waals surface area contributed by atoms with Crippen molar-refractivity contribution in [3.63, 3.8) is 0 Å². The highest BCUT2D eigenvalue weighted by Crippen LogP contribution is 2.23. The zero-order valence-electron chi connectivity index (χ0n) is 12.2. The minimum Gasteiger partial charge on any atom is -0.492 e. The molecule has 0 spiro atoms. The van der Waals surface area contributed by atoms with Crippen molar-refractivity contribution >= 4 is 22.6 Å². The summed E-state index contributed by atoms with van der Waals surface area (Å²) in [6.07, 6.45) is 0. The van der Waals surface area contributed by atoms with Crippen LogP contribution in [0.1, 0.15) is 6.92 Å². The Balaban J connectivity index is 1.75. The lowest BCUT2D eigenvalue weighted by Gasteiger charge is -2.11. The molecule has 1 N–H and O–H groups in total. The number of carbonyl (C=O) groups excluding carboxylic acids is 1. The Morgan fingerprint density at radius 2 is 1.95 bits per heavy atom. The van der Waals surface area contributed by atoms with Gasteiger partial charge in [-0.1, -0.05) is 29.5 Å². The van der Waals surface area contributed by atoms with E-state index in [0.29, 0.717) is 18.0 Å². The van der Waals surface area contributed by atoms with E-state index in [1.54, 1.807) is 4.68 Å². The summed E-state index contributed by atoms with van der Waals surface area (Å²) in [4.78, 5) is 12.2. The smallest absolute Gasteiger partial charge is 0.246 e. The summed E-state index contributed by atoms with van der Waals surface area (Å²) >= 11 is 0. The van der Waals surface area contributed by atoms with Crippen LogP contribution >= 0.6 is 0 Å². The highest BCUT2D eigenvalue weighted by atomic mass is 16.5. The molecule has 0 saturated carbocycles. The third kappa shape index (κ3) is 2.90. The number of carbonyl (C=O) groups is 1. The molecule has 3 rings (SSSR count). The maximum atomic E-state index is 12.2. The molecule has 0 bridgehead atoms. The molecule has 112 valence electrons. The SMILES string of the molecule is CCOc1ccccc1NC(=O)Cn1nnc2ccccc21. The molecule has 6 nitrogen and oxygen atoms in total. The Labute approximate surface area is 127 Å². The maximum Gasteiger partial charge on any atom is 0.246 e. The monoisotopic (exact) mass is 296 g/mol. The summed E-state index contributed by atoms with van der Waals surface area (Å²) in [5.41, 5.74) is 2.25. The van der Waals surface area contributed by atoms with Crippen molar-refractivity contribution in [1.29, 1.82) is 0 Å². The fraction of sp³-hybridized carbons (Fsp3) is 0.188. The number of hydrogen-bond donors (Lipinski definition) is 1. The van der Waals surface area contributed by atoms with E-state index < -0.39 is 0 Å². The Kier molecular flexibility index (Phi) is 4.00. The van der Waals surface area contributed by atoms with E-state index in [1.165, 1.54) is 0 Å². The normalized spacial score (nSPS) is 10.6. The molecule has 1 amide bonds. The maximum absolute atomic E-state index is 12.2. The lowest BCUT2D eigenvalue weighted by Crippen LogP contribution is -2.20. The van der Waals surface area contributed by atoms with Crippen LogP contribution in [0, 0.1) is 0 Å². The molecule has 0 fully saturated rings. The number of nitrogens with one attached hydrogen (secondary N) is 1. The van der Waals surface area contributed by atoms with Gasteiger partial charge in [0, 0.05) is 0 Å². The van der Waals surface area contributed by atoms with Gasteiger partial charge in [-0.3, -0.25) is 4.79 Å². The van der Waals surface area contributed by atoms with Crippen molar-refractivity contribution < 1.29 is 9.53 Å². The number of nitrogens with zero attached hydrogens (tertiary/aromatic N) is 3. The first-order chi connectivity index (χ1) is 10.8. The molecule has 6 heteroatoms. The number of ether oxygens (including phenoxy) is 1. The van der Waals surface area contributed by atoms with E-state index >= 15 is 0 Å². The summed E-state index contributed by atoms with van der Waals surface area (Å²) in [5, 5.41) is 10.9. The molecule has 0 aliphatic heterocycles. The number of benzene rings is 2. The van der Waals surface area contributed by atoms with Gasteiger partial charge in [0.25, 0.3) is 0 Å². The predicted octanol–water partition coefficient (Wildman–Crippen LogP) is 2.47. The van der Waals surface area contributed by atoms with Crippen molar-refractivity contribution in [2.75, 3.05) is 11.9 Å². The molecule has 22 heavy (non-hydrogen) atoms. The number of hydrogen-bond acceptors (Lipinski definition) is 4. The van der Waals surface area contributed by atoms with Gasteiger partial charge in [0.05, 0.1) is 17.8 Å². The van der Waals surface area contributed by atoms with Crippen LogP contribution in [0.4, 0.5) is 5.69 Å². The quantitative estimate of drug-likeness (QED) is 0.785. The second kappa shape index (κ2) is 6.26. The van der Waals surface area contributed by atoms with E-state index in [0.717, 1.165) is 11.0 Å². The molecule has 0 radical (unpaired) electrons. The highest BCUT2D eigenvalue weighted by molar-refractivity contribution is 5.92. The van der Waals surface area contributed by atoms with Gasteiger partial charge in [0.15, 0.2) is 0 Å². The van der Waals surface area contributed by atoms with Crippen LogP contribution in [0.3, 0.4) is 0 Å². The van der Waals surface area contributed by atoms with Gasteiger partial charge in [-0.2, -0.15) is 0 Å². The van der Waals surface area contributed by atoms with Crippen LogP contribution in [-0.2, 0) is 11.3 Å². The Morgan fingerprint density at radius 3 is 2.82 bits per heavy atom. The molecule has 1 aromatic heterocycles. The average molecular weight is 296 g/mol. The first-order valence-corrected chi connectivity index (χ1v) is 7.08.